The van der Waals surface area contributed by atoms with Crippen LogP contribution in [0.1, 0.15) is 40.5 Å². The average molecular weight is 275 g/mol. The quantitative estimate of drug-likeness (QED) is 0.840. The smallest absolute Gasteiger partial charge is 0.226 e. The van der Waals surface area contributed by atoms with Gasteiger partial charge < -0.3 is 10.6 Å². The van der Waals surface area contributed by atoms with Crippen LogP contribution in [0.5, 0.6) is 0 Å². The molecule has 0 aromatic heterocycles. The second kappa shape index (κ2) is 5.01. The van der Waals surface area contributed by atoms with Gasteiger partial charge in [0.05, 0.1) is 0 Å². The largest absolute Gasteiger partial charge is 0.342 e. The molecule has 3 nitrogen and oxygen atoms in total. The highest BCUT2D eigenvalue weighted by molar-refractivity contribution is 5.85. The molecule has 2 aliphatic rings. The normalized spacial score (nSPS) is 29.6. The molecule has 4 heteroatoms. The van der Waals surface area contributed by atoms with Crippen LogP contribution in [-0.2, 0) is 4.79 Å². The Morgan fingerprint density at radius 3 is 2.28 bits per heavy atom. The summed E-state index contributed by atoms with van der Waals surface area (Å²) in [7, 11) is 0. The van der Waals surface area contributed by atoms with Gasteiger partial charge in [0.2, 0.25) is 5.91 Å². The van der Waals surface area contributed by atoms with E-state index in [2.05, 4.69) is 32.6 Å². The van der Waals surface area contributed by atoms with E-state index in [1.807, 2.05) is 0 Å². The van der Waals surface area contributed by atoms with E-state index in [1.54, 1.807) is 0 Å². The van der Waals surface area contributed by atoms with E-state index in [4.69, 9.17) is 5.73 Å². The molecule has 0 spiro atoms. The number of rotatable bonds is 2. The van der Waals surface area contributed by atoms with Gasteiger partial charge in [-0.25, -0.2) is 0 Å². The molecule has 0 aromatic carbocycles. The predicted octanol–water partition coefficient (Wildman–Crippen LogP) is 2.29. The van der Waals surface area contributed by atoms with Crippen LogP contribution in [0, 0.1) is 22.7 Å². The summed E-state index contributed by atoms with van der Waals surface area (Å²) in [6, 6.07) is 0. The van der Waals surface area contributed by atoms with Gasteiger partial charge in [-0.1, -0.05) is 27.7 Å². The number of hydrogen-bond donors (Lipinski definition) is 1. The molecule has 106 valence electrons. The van der Waals surface area contributed by atoms with Gasteiger partial charge >= 0.3 is 0 Å². The third kappa shape index (κ3) is 2.27. The fourth-order valence-corrected chi connectivity index (χ4v) is 3.45. The van der Waals surface area contributed by atoms with E-state index in [0.29, 0.717) is 18.4 Å². The van der Waals surface area contributed by atoms with E-state index in [0.717, 1.165) is 19.5 Å². The number of hydrogen-bond acceptors (Lipinski definition) is 2. The molecular weight excluding hydrogens is 248 g/mol. The van der Waals surface area contributed by atoms with Crippen molar-refractivity contribution in [2.45, 2.75) is 40.5 Å². The molecule has 1 atom stereocenters. The summed E-state index contributed by atoms with van der Waals surface area (Å²) in [5, 5.41) is 0. The topological polar surface area (TPSA) is 46.3 Å². The molecule has 0 bridgehead atoms. The summed E-state index contributed by atoms with van der Waals surface area (Å²) >= 11 is 0. The lowest BCUT2D eigenvalue weighted by Gasteiger charge is -2.32. The molecule has 1 amide bonds. The summed E-state index contributed by atoms with van der Waals surface area (Å²) in [4.78, 5) is 14.6. The zero-order chi connectivity index (χ0) is 12.8. The summed E-state index contributed by atoms with van der Waals surface area (Å²) < 4.78 is 0. The first kappa shape index (κ1) is 15.8. The van der Waals surface area contributed by atoms with Gasteiger partial charge in [0, 0.05) is 19.0 Å². The van der Waals surface area contributed by atoms with E-state index in [9.17, 15) is 4.79 Å². The zero-order valence-corrected chi connectivity index (χ0v) is 12.8. The fourth-order valence-electron chi connectivity index (χ4n) is 3.45. The molecule has 0 radical (unpaired) electrons. The van der Waals surface area contributed by atoms with Crippen LogP contribution in [0.25, 0.3) is 0 Å². The van der Waals surface area contributed by atoms with Crippen molar-refractivity contribution in [3.05, 3.63) is 0 Å². The van der Waals surface area contributed by atoms with Crippen LogP contribution in [0.4, 0.5) is 0 Å². The molecule has 2 N–H and O–H groups in total. The van der Waals surface area contributed by atoms with E-state index < -0.39 is 0 Å². The van der Waals surface area contributed by atoms with Gasteiger partial charge in [-0.2, -0.15) is 0 Å². The van der Waals surface area contributed by atoms with Crippen LogP contribution >= 0.6 is 12.4 Å². The van der Waals surface area contributed by atoms with Crippen LogP contribution < -0.4 is 5.73 Å². The first-order valence-corrected chi connectivity index (χ1v) is 6.81. The SMILES string of the molecule is CC1(C)C(C(=O)N2CCCC(CN)C2)C1(C)C.Cl. The fraction of sp³-hybridized carbons (Fsp3) is 0.929. The van der Waals surface area contributed by atoms with Crippen molar-refractivity contribution in [1.82, 2.24) is 4.90 Å². The second-order valence-corrected chi connectivity index (χ2v) is 6.90. The Balaban J connectivity index is 0.00000162. The van der Waals surface area contributed by atoms with E-state index >= 15 is 0 Å². The molecule has 0 aromatic rings. The molecule has 1 aliphatic carbocycles. The van der Waals surface area contributed by atoms with Crippen molar-refractivity contribution >= 4 is 18.3 Å². The summed E-state index contributed by atoms with van der Waals surface area (Å²) in [5.41, 5.74) is 6.03. The number of nitrogens with two attached hydrogens (primary N) is 1. The van der Waals surface area contributed by atoms with Gasteiger partial charge in [0.15, 0.2) is 0 Å². The monoisotopic (exact) mass is 274 g/mol. The zero-order valence-electron chi connectivity index (χ0n) is 12.0. The highest BCUT2D eigenvalue weighted by Gasteiger charge is 2.68. The number of likely N-dealkylation sites (tertiary alicyclic amines) is 1. The predicted molar refractivity (Wildman–Crippen MR) is 76.7 cm³/mol. The Hall–Kier alpha value is -0.280. The van der Waals surface area contributed by atoms with Crippen molar-refractivity contribution in [2.24, 2.45) is 28.4 Å². The van der Waals surface area contributed by atoms with Gasteiger partial charge in [-0.05, 0) is 36.1 Å². The van der Waals surface area contributed by atoms with Crippen molar-refractivity contribution < 1.29 is 4.79 Å². The molecule has 1 unspecified atom stereocenters. The summed E-state index contributed by atoms with van der Waals surface area (Å²) in [6.07, 6.45) is 2.29. The van der Waals surface area contributed by atoms with Crippen LogP contribution in [0.3, 0.4) is 0 Å². The minimum atomic E-state index is 0. The first-order valence-electron chi connectivity index (χ1n) is 6.81. The molecule has 2 rings (SSSR count). The number of carbonyl (C=O) groups excluding carboxylic acids is 1. The van der Waals surface area contributed by atoms with Crippen LogP contribution in [0.15, 0.2) is 0 Å². The van der Waals surface area contributed by atoms with Gasteiger partial charge in [0.1, 0.15) is 0 Å². The van der Waals surface area contributed by atoms with Crippen molar-refractivity contribution in [3.8, 4) is 0 Å². The molecule has 1 saturated heterocycles. The van der Waals surface area contributed by atoms with Crippen molar-refractivity contribution in [1.29, 1.82) is 0 Å². The van der Waals surface area contributed by atoms with Crippen LogP contribution in [-0.4, -0.2) is 30.4 Å². The maximum Gasteiger partial charge on any atom is 0.226 e. The summed E-state index contributed by atoms with van der Waals surface area (Å²) in [5.74, 6) is 1.07. The molecule has 1 aliphatic heterocycles. The molecule has 1 saturated carbocycles. The Labute approximate surface area is 117 Å². The standard InChI is InChI=1S/C14H26N2O.ClH/c1-13(2)11(14(13,3)4)12(17)16-7-5-6-10(8-15)9-16;/h10-11H,5-9,15H2,1-4H3;1H. The third-order valence-corrected chi connectivity index (χ3v) is 5.43. The Kier molecular flexibility index (Phi) is 4.39. The third-order valence-electron chi connectivity index (χ3n) is 5.43. The number of piperidine rings is 1. The Morgan fingerprint density at radius 1 is 1.28 bits per heavy atom. The highest BCUT2D eigenvalue weighted by Crippen LogP contribution is 2.68. The Bertz CT molecular complexity index is 314. The average Bonchev–Trinajstić information content (AvgIpc) is 2.69. The molecular formula is C14H27ClN2O. The highest BCUT2D eigenvalue weighted by atomic mass is 35.5. The van der Waals surface area contributed by atoms with Crippen molar-refractivity contribution in [2.75, 3.05) is 19.6 Å². The van der Waals surface area contributed by atoms with Crippen molar-refractivity contribution in [3.63, 3.8) is 0 Å². The maximum absolute atomic E-state index is 12.5. The minimum absolute atomic E-state index is 0. The number of amides is 1. The summed E-state index contributed by atoms with van der Waals surface area (Å²) in [6.45, 7) is 11.3. The number of nitrogens with zero attached hydrogens (tertiary/aromatic N) is 1. The molecule has 18 heavy (non-hydrogen) atoms. The van der Waals surface area contributed by atoms with Gasteiger partial charge in [0.25, 0.3) is 0 Å². The maximum atomic E-state index is 12.5. The number of halogens is 1. The first-order chi connectivity index (χ1) is 7.82. The lowest BCUT2D eigenvalue weighted by atomic mass is 9.97. The minimum Gasteiger partial charge on any atom is -0.342 e. The second-order valence-electron chi connectivity index (χ2n) is 6.90. The molecule has 1 heterocycles. The lowest BCUT2D eigenvalue weighted by molar-refractivity contribution is -0.135. The van der Waals surface area contributed by atoms with E-state index in [1.165, 1.54) is 6.42 Å². The Morgan fingerprint density at radius 2 is 1.83 bits per heavy atom. The lowest BCUT2D eigenvalue weighted by Crippen LogP contribution is -2.43. The van der Waals surface area contributed by atoms with Gasteiger partial charge in [-0.15, -0.1) is 12.4 Å². The van der Waals surface area contributed by atoms with E-state index in [-0.39, 0.29) is 29.2 Å². The molecule has 2 fully saturated rings. The number of carbonyl (C=O) groups is 1. The van der Waals surface area contributed by atoms with Crippen LogP contribution in [0.2, 0.25) is 0 Å². The van der Waals surface area contributed by atoms with Gasteiger partial charge in [-0.3, -0.25) is 4.79 Å².